The lowest BCUT2D eigenvalue weighted by molar-refractivity contribution is 0.558. The molecule has 2 aromatic rings. The van der Waals surface area contributed by atoms with Crippen LogP contribution in [0.2, 0.25) is 0 Å². The number of aromatic nitrogens is 2. The number of nitrogens with zero attached hydrogens (tertiary/aromatic N) is 4. The van der Waals surface area contributed by atoms with E-state index in [-0.39, 0.29) is 11.5 Å². The van der Waals surface area contributed by atoms with Crippen LogP contribution in [0.15, 0.2) is 52.7 Å². The van der Waals surface area contributed by atoms with Crippen LogP contribution in [0, 0.1) is 0 Å². The van der Waals surface area contributed by atoms with Crippen LogP contribution in [0.5, 0.6) is 0 Å². The third-order valence-corrected chi connectivity index (χ3v) is 3.03. The summed E-state index contributed by atoms with van der Waals surface area (Å²) in [6, 6.07) is 13.9. The zero-order valence-electron chi connectivity index (χ0n) is 12.4. The van der Waals surface area contributed by atoms with Gasteiger partial charge >= 0.3 is 0 Å². The summed E-state index contributed by atoms with van der Waals surface area (Å²) in [5.74, 6) is 0.542. The molecule has 1 unspecified atom stereocenters. The Morgan fingerprint density at radius 3 is 2.20 bits per heavy atom. The number of hydrogen-bond acceptors (Lipinski definition) is 4. The zero-order chi connectivity index (χ0) is 14.6. The van der Waals surface area contributed by atoms with E-state index in [1.807, 2.05) is 49.4 Å². The normalized spacial score (nSPS) is 13.6. The molecule has 4 nitrogen and oxygen atoms in total. The van der Waals surface area contributed by atoms with Crippen molar-refractivity contribution in [3.8, 4) is 0 Å². The largest absolute Gasteiger partial charge is 0.195 e. The van der Waals surface area contributed by atoms with E-state index in [0.717, 1.165) is 11.3 Å². The summed E-state index contributed by atoms with van der Waals surface area (Å²) < 4.78 is 0. The van der Waals surface area contributed by atoms with E-state index in [1.54, 1.807) is 0 Å². The minimum Gasteiger partial charge on any atom is -0.179 e. The molecule has 0 spiro atoms. The highest BCUT2D eigenvalue weighted by atomic mass is 15.2. The van der Waals surface area contributed by atoms with E-state index in [0.29, 0.717) is 5.82 Å². The van der Waals surface area contributed by atoms with E-state index in [2.05, 4.69) is 41.2 Å². The van der Waals surface area contributed by atoms with Crippen LogP contribution >= 0.6 is 0 Å². The van der Waals surface area contributed by atoms with E-state index >= 15 is 0 Å². The summed E-state index contributed by atoms with van der Waals surface area (Å²) in [6.07, 6.45) is 0. The van der Waals surface area contributed by atoms with Crippen LogP contribution in [0.3, 0.4) is 0 Å². The summed E-state index contributed by atoms with van der Waals surface area (Å²) in [6.45, 7) is 8.33. The molecule has 0 fully saturated rings. The van der Waals surface area contributed by atoms with Gasteiger partial charge < -0.3 is 0 Å². The highest BCUT2D eigenvalue weighted by molar-refractivity contribution is 5.26. The first-order valence-corrected chi connectivity index (χ1v) is 6.77. The van der Waals surface area contributed by atoms with Crippen LogP contribution in [0.4, 0.5) is 5.82 Å². The van der Waals surface area contributed by atoms with E-state index in [4.69, 9.17) is 0 Å². The SMILES string of the molecule is CC(N=Nc1ccc(C(C)(C)C)nn1)c1ccccc1. The second-order valence-corrected chi connectivity index (χ2v) is 5.83. The molecule has 4 heteroatoms. The van der Waals surface area contributed by atoms with Crippen molar-refractivity contribution in [1.82, 2.24) is 10.2 Å². The molecule has 0 N–H and O–H groups in total. The average Bonchev–Trinajstić information content (AvgIpc) is 2.45. The fraction of sp³-hybridized carbons (Fsp3) is 0.375. The smallest absolute Gasteiger partial charge is 0.179 e. The van der Waals surface area contributed by atoms with E-state index in [9.17, 15) is 0 Å². The van der Waals surface area contributed by atoms with Crippen LogP contribution in [0.25, 0.3) is 0 Å². The molecule has 0 aliphatic heterocycles. The molecule has 1 heterocycles. The molecule has 1 aromatic carbocycles. The molecule has 1 atom stereocenters. The fourth-order valence-electron chi connectivity index (χ4n) is 1.72. The fourth-order valence-corrected chi connectivity index (χ4v) is 1.72. The van der Waals surface area contributed by atoms with E-state index in [1.165, 1.54) is 0 Å². The summed E-state index contributed by atoms with van der Waals surface area (Å²) in [5, 5.41) is 16.7. The molecule has 0 saturated carbocycles. The Bertz CT molecular complexity index is 568. The van der Waals surface area contributed by atoms with Gasteiger partial charge in [-0.1, -0.05) is 51.1 Å². The molecular weight excluding hydrogens is 248 g/mol. The zero-order valence-corrected chi connectivity index (χ0v) is 12.4. The van der Waals surface area contributed by atoms with Gasteiger partial charge in [0.25, 0.3) is 0 Å². The second-order valence-electron chi connectivity index (χ2n) is 5.83. The van der Waals surface area contributed by atoms with Crippen LogP contribution in [0.1, 0.15) is 45.0 Å². The third kappa shape index (κ3) is 3.70. The van der Waals surface area contributed by atoms with Gasteiger partial charge in [-0.25, -0.2) is 0 Å². The topological polar surface area (TPSA) is 50.5 Å². The molecule has 104 valence electrons. The van der Waals surface area contributed by atoms with Crippen LogP contribution < -0.4 is 0 Å². The summed E-state index contributed by atoms with van der Waals surface area (Å²) in [5.41, 5.74) is 2.09. The van der Waals surface area contributed by atoms with Crippen LogP contribution in [-0.4, -0.2) is 10.2 Å². The second kappa shape index (κ2) is 5.90. The van der Waals surface area contributed by atoms with E-state index < -0.39 is 0 Å². The first-order chi connectivity index (χ1) is 9.47. The molecule has 0 radical (unpaired) electrons. The summed E-state index contributed by atoms with van der Waals surface area (Å²) in [4.78, 5) is 0. The van der Waals surface area contributed by atoms with Gasteiger partial charge in [-0.05, 0) is 24.6 Å². The molecule has 20 heavy (non-hydrogen) atoms. The lowest BCUT2D eigenvalue weighted by Crippen LogP contribution is -2.13. The molecule has 2 rings (SSSR count). The average molecular weight is 268 g/mol. The van der Waals surface area contributed by atoms with Gasteiger partial charge in [0.05, 0.1) is 11.7 Å². The van der Waals surface area contributed by atoms with Crippen molar-refractivity contribution >= 4 is 5.82 Å². The molecule has 0 saturated heterocycles. The van der Waals surface area contributed by atoms with Crippen molar-refractivity contribution < 1.29 is 0 Å². The number of azo groups is 1. The van der Waals surface area contributed by atoms with Crippen molar-refractivity contribution in [2.45, 2.75) is 39.2 Å². The number of rotatable bonds is 3. The summed E-state index contributed by atoms with van der Waals surface area (Å²) in [7, 11) is 0. The maximum Gasteiger partial charge on any atom is 0.195 e. The molecule has 0 aliphatic rings. The Morgan fingerprint density at radius 2 is 1.65 bits per heavy atom. The predicted octanol–water partition coefficient (Wildman–Crippen LogP) is 4.62. The molecule has 0 bridgehead atoms. The highest BCUT2D eigenvalue weighted by Gasteiger charge is 2.15. The van der Waals surface area contributed by atoms with Gasteiger partial charge in [0.1, 0.15) is 0 Å². The van der Waals surface area contributed by atoms with Gasteiger partial charge in [-0.2, -0.15) is 10.2 Å². The quantitative estimate of drug-likeness (QED) is 0.763. The lowest BCUT2D eigenvalue weighted by Gasteiger charge is -2.15. The Labute approximate surface area is 120 Å². The Hall–Kier alpha value is -2.10. The Morgan fingerprint density at radius 1 is 0.950 bits per heavy atom. The number of hydrogen-bond donors (Lipinski definition) is 0. The third-order valence-electron chi connectivity index (χ3n) is 3.03. The Kier molecular flexibility index (Phi) is 4.23. The number of benzene rings is 1. The standard InChI is InChI=1S/C16H20N4/c1-12(13-8-6-5-7-9-13)17-19-15-11-10-14(18-20-15)16(2,3)4/h5-12H,1-4H3. The monoisotopic (exact) mass is 268 g/mol. The van der Waals surface area contributed by atoms with Crippen molar-refractivity contribution in [1.29, 1.82) is 0 Å². The Balaban J connectivity index is 2.08. The minimum absolute atomic E-state index is 0.00000309. The van der Waals surface area contributed by atoms with Gasteiger partial charge in [-0.3, -0.25) is 0 Å². The summed E-state index contributed by atoms with van der Waals surface area (Å²) >= 11 is 0. The van der Waals surface area contributed by atoms with Crippen molar-refractivity contribution in [3.63, 3.8) is 0 Å². The maximum absolute atomic E-state index is 4.28. The van der Waals surface area contributed by atoms with Crippen molar-refractivity contribution in [2.24, 2.45) is 10.2 Å². The van der Waals surface area contributed by atoms with Crippen LogP contribution in [-0.2, 0) is 5.41 Å². The van der Waals surface area contributed by atoms with Gasteiger partial charge in [0, 0.05) is 5.41 Å². The van der Waals surface area contributed by atoms with Crippen molar-refractivity contribution in [2.75, 3.05) is 0 Å². The molecule has 1 aromatic heterocycles. The lowest BCUT2D eigenvalue weighted by atomic mass is 9.92. The maximum atomic E-state index is 4.28. The molecular formula is C16H20N4. The molecule has 0 aliphatic carbocycles. The first-order valence-electron chi connectivity index (χ1n) is 6.77. The minimum atomic E-state index is 0.00000309. The van der Waals surface area contributed by atoms with Gasteiger partial charge in [-0.15, -0.1) is 10.2 Å². The first kappa shape index (κ1) is 14.3. The molecule has 0 amide bonds. The highest BCUT2D eigenvalue weighted by Crippen LogP contribution is 2.22. The van der Waals surface area contributed by atoms with Gasteiger partial charge in [0.15, 0.2) is 5.82 Å². The van der Waals surface area contributed by atoms with Gasteiger partial charge in [0.2, 0.25) is 0 Å². The van der Waals surface area contributed by atoms with Crippen molar-refractivity contribution in [3.05, 3.63) is 53.7 Å². The predicted molar refractivity (Wildman–Crippen MR) is 80.1 cm³/mol.